The number of anilines is 1. The quantitative estimate of drug-likeness (QED) is 0.443. The zero-order valence-corrected chi connectivity index (χ0v) is 17.4. The first-order chi connectivity index (χ1) is 15.1. The van der Waals surface area contributed by atoms with Gasteiger partial charge in [0.25, 0.3) is 5.91 Å². The number of nitrogens with one attached hydrogen (secondary N) is 1. The second kappa shape index (κ2) is 8.87. The molecule has 2 aromatic heterocycles. The molecule has 158 valence electrons. The van der Waals surface area contributed by atoms with Crippen LogP contribution >= 0.6 is 0 Å². The zero-order chi connectivity index (χ0) is 21.8. The molecule has 2 heterocycles. The normalized spacial score (nSPS) is 11.9. The van der Waals surface area contributed by atoms with Crippen LogP contribution in [0.25, 0.3) is 11.0 Å². The molecule has 0 radical (unpaired) electrons. The summed E-state index contributed by atoms with van der Waals surface area (Å²) < 4.78 is 12.5. The van der Waals surface area contributed by atoms with E-state index in [4.69, 9.17) is 9.15 Å². The molecule has 0 saturated heterocycles. The molecule has 1 atom stereocenters. The van der Waals surface area contributed by atoms with Gasteiger partial charge in [-0.25, -0.2) is 9.48 Å². The van der Waals surface area contributed by atoms with E-state index in [1.54, 1.807) is 35.1 Å². The average molecular weight is 417 g/mol. The van der Waals surface area contributed by atoms with Crippen molar-refractivity contribution in [2.24, 2.45) is 0 Å². The second-order valence-corrected chi connectivity index (χ2v) is 7.02. The SMILES string of the molecule is CCOc1ccc2c(C(=O)Nc3ccnn3C(CC)c3ccccc3)cc(=O)oc2c1. The van der Waals surface area contributed by atoms with Crippen molar-refractivity contribution in [2.75, 3.05) is 11.9 Å². The Morgan fingerprint density at radius 1 is 1.13 bits per heavy atom. The second-order valence-electron chi connectivity index (χ2n) is 7.02. The van der Waals surface area contributed by atoms with Gasteiger partial charge in [0.1, 0.15) is 17.2 Å². The van der Waals surface area contributed by atoms with Gasteiger partial charge in [-0.05, 0) is 31.0 Å². The highest BCUT2D eigenvalue weighted by Crippen LogP contribution is 2.27. The summed E-state index contributed by atoms with van der Waals surface area (Å²) in [6, 6.07) is 18.0. The Morgan fingerprint density at radius 2 is 1.94 bits per heavy atom. The summed E-state index contributed by atoms with van der Waals surface area (Å²) in [6.07, 6.45) is 2.44. The first-order valence-electron chi connectivity index (χ1n) is 10.2. The molecule has 0 saturated carbocycles. The Bertz CT molecular complexity index is 1260. The van der Waals surface area contributed by atoms with E-state index >= 15 is 0 Å². The number of hydrogen-bond donors (Lipinski definition) is 1. The molecule has 1 N–H and O–H groups in total. The van der Waals surface area contributed by atoms with Crippen LogP contribution < -0.4 is 15.7 Å². The Balaban J connectivity index is 1.68. The van der Waals surface area contributed by atoms with E-state index in [-0.39, 0.29) is 11.6 Å². The van der Waals surface area contributed by atoms with Crippen LogP contribution in [0.2, 0.25) is 0 Å². The van der Waals surface area contributed by atoms with Gasteiger partial charge in [0.15, 0.2) is 0 Å². The summed E-state index contributed by atoms with van der Waals surface area (Å²) in [4.78, 5) is 25.2. The highest BCUT2D eigenvalue weighted by Gasteiger charge is 2.19. The number of amides is 1. The lowest BCUT2D eigenvalue weighted by atomic mass is 10.1. The number of carbonyl (C=O) groups is 1. The molecular formula is C24H23N3O4. The summed E-state index contributed by atoms with van der Waals surface area (Å²) in [6.45, 7) is 4.42. The number of benzene rings is 2. The molecule has 0 aliphatic rings. The van der Waals surface area contributed by atoms with E-state index in [9.17, 15) is 9.59 Å². The predicted molar refractivity (Wildman–Crippen MR) is 119 cm³/mol. The summed E-state index contributed by atoms with van der Waals surface area (Å²) in [5, 5.41) is 7.86. The van der Waals surface area contributed by atoms with E-state index in [1.807, 2.05) is 37.3 Å². The molecule has 0 bridgehead atoms. The molecule has 0 aliphatic heterocycles. The van der Waals surface area contributed by atoms with Crippen molar-refractivity contribution in [3.63, 3.8) is 0 Å². The van der Waals surface area contributed by atoms with Crippen LogP contribution in [0.1, 0.15) is 42.2 Å². The number of rotatable bonds is 7. The zero-order valence-electron chi connectivity index (χ0n) is 17.4. The van der Waals surface area contributed by atoms with Crippen molar-refractivity contribution >= 4 is 22.7 Å². The molecule has 0 fully saturated rings. The molecular weight excluding hydrogens is 394 g/mol. The van der Waals surface area contributed by atoms with Gasteiger partial charge < -0.3 is 14.5 Å². The molecule has 7 heteroatoms. The van der Waals surface area contributed by atoms with Crippen molar-refractivity contribution in [1.82, 2.24) is 9.78 Å². The first kappa shape index (κ1) is 20.4. The molecule has 31 heavy (non-hydrogen) atoms. The van der Waals surface area contributed by atoms with Gasteiger partial charge in [-0.3, -0.25) is 4.79 Å². The van der Waals surface area contributed by atoms with Gasteiger partial charge in [0, 0.05) is 23.6 Å². The number of ether oxygens (including phenoxy) is 1. The van der Waals surface area contributed by atoms with Crippen molar-refractivity contribution < 1.29 is 13.9 Å². The molecule has 7 nitrogen and oxygen atoms in total. The fourth-order valence-electron chi connectivity index (χ4n) is 3.66. The van der Waals surface area contributed by atoms with E-state index in [0.29, 0.717) is 29.1 Å². The Kier molecular flexibility index (Phi) is 5.84. The van der Waals surface area contributed by atoms with Crippen LogP contribution in [0, 0.1) is 0 Å². The molecule has 4 aromatic rings. The molecule has 4 rings (SSSR count). The lowest BCUT2D eigenvalue weighted by Crippen LogP contribution is -2.20. The molecule has 1 amide bonds. The summed E-state index contributed by atoms with van der Waals surface area (Å²) in [5.74, 6) is 0.710. The third kappa shape index (κ3) is 4.21. The average Bonchev–Trinajstić information content (AvgIpc) is 3.22. The van der Waals surface area contributed by atoms with Crippen LogP contribution in [0.4, 0.5) is 5.82 Å². The van der Waals surface area contributed by atoms with Crippen LogP contribution in [-0.2, 0) is 0 Å². The smallest absolute Gasteiger partial charge is 0.337 e. The van der Waals surface area contributed by atoms with E-state index in [0.717, 1.165) is 12.0 Å². The predicted octanol–water partition coefficient (Wildman–Crippen LogP) is 4.64. The topological polar surface area (TPSA) is 86.4 Å². The first-order valence-corrected chi connectivity index (χ1v) is 10.2. The van der Waals surface area contributed by atoms with Gasteiger partial charge in [-0.15, -0.1) is 0 Å². The fraction of sp³-hybridized carbons (Fsp3) is 0.208. The standard InChI is InChI=1S/C24H23N3O4/c1-3-20(16-8-6-5-7-9-16)27-22(12-13-25-27)26-24(29)19-15-23(28)31-21-14-17(30-4-2)10-11-18(19)21/h5-15,20H,3-4H2,1-2H3,(H,26,29). The Hall–Kier alpha value is -3.87. The van der Waals surface area contributed by atoms with Gasteiger partial charge in [0.2, 0.25) is 0 Å². The minimum atomic E-state index is -0.601. The van der Waals surface area contributed by atoms with Gasteiger partial charge in [-0.1, -0.05) is 37.3 Å². The Labute approximate surface area is 179 Å². The number of hydrogen-bond acceptors (Lipinski definition) is 5. The maximum absolute atomic E-state index is 13.1. The lowest BCUT2D eigenvalue weighted by molar-refractivity contribution is 0.102. The van der Waals surface area contributed by atoms with Crippen LogP contribution in [0.3, 0.4) is 0 Å². The summed E-state index contributed by atoms with van der Waals surface area (Å²) in [5.41, 5.74) is 1.02. The molecule has 1 unspecified atom stereocenters. The van der Waals surface area contributed by atoms with Crippen LogP contribution in [-0.4, -0.2) is 22.3 Å². The van der Waals surface area contributed by atoms with Crippen LogP contribution in [0.5, 0.6) is 5.75 Å². The van der Waals surface area contributed by atoms with E-state index in [1.165, 1.54) is 6.07 Å². The molecule has 0 spiro atoms. The van der Waals surface area contributed by atoms with Gasteiger partial charge >= 0.3 is 5.63 Å². The third-order valence-electron chi connectivity index (χ3n) is 5.05. The lowest BCUT2D eigenvalue weighted by Gasteiger charge is -2.19. The molecule has 2 aromatic carbocycles. The highest BCUT2D eigenvalue weighted by atomic mass is 16.5. The number of carbonyl (C=O) groups excluding carboxylic acids is 1. The minimum Gasteiger partial charge on any atom is -0.494 e. The summed E-state index contributed by atoms with van der Waals surface area (Å²) >= 11 is 0. The van der Waals surface area contributed by atoms with Crippen molar-refractivity contribution in [2.45, 2.75) is 26.3 Å². The minimum absolute atomic E-state index is 0.0298. The highest BCUT2D eigenvalue weighted by molar-refractivity contribution is 6.11. The maximum atomic E-state index is 13.1. The largest absolute Gasteiger partial charge is 0.494 e. The van der Waals surface area contributed by atoms with Crippen molar-refractivity contribution in [1.29, 1.82) is 0 Å². The number of fused-ring (bicyclic) bond motifs is 1. The van der Waals surface area contributed by atoms with Gasteiger partial charge in [0.05, 0.1) is 24.4 Å². The number of nitrogens with zero attached hydrogens (tertiary/aromatic N) is 2. The van der Waals surface area contributed by atoms with Crippen molar-refractivity contribution in [3.8, 4) is 5.75 Å². The monoisotopic (exact) mass is 417 g/mol. The maximum Gasteiger partial charge on any atom is 0.337 e. The van der Waals surface area contributed by atoms with Crippen LogP contribution in [0.15, 0.2) is 76.1 Å². The van der Waals surface area contributed by atoms with E-state index in [2.05, 4.69) is 17.3 Å². The third-order valence-corrected chi connectivity index (χ3v) is 5.05. The Morgan fingerprint density at radius 3 is 2.68 bits per heavy atom. The van der Waals surface area contributed by atoms with Gasteiger partial charge in [-0.2, -0.15) is 5.10 Å². The molecule has 0 aliphatic carbocycles. The summed E-state index contributed by atoms with van der Waals surface area (Å²) in [7, 11) is 0. The fourth-order valence-corrected chi connectivity index (χ4v) is 3.66. The van der Waals surface area contributed by atoms with Crippen molar-refractivity contribution in [3.05, 3.63) is 88.4 Å². The van der Waals surface area contributed by atoms with E-state index < -0.39 is 11.5 Å². The number of aromatic nitrogens is 2.